The number of sulfonamides is 2. The van der Waals surface area contributed by atoms with E-state index >= 15 is 0 Å². The van der Waals surface area contributed by atoms with E-state index in [0.29, 0.717) is 87.5 Å². The molecule has 0 aromatic carbocycles. The van der Waals surface area contributed by atoms with Crippen molar-refractivity contribution in [2.45, 2.75) is 117 Å². The topological polar surface area (TPSA) is 210 Å². The molecule has 0 aliphatic carbocycles. The van der Waals surface area contributed by atoms with Crippen LogP contribution in [0.3, 0.4) is 0 Å². The van der Waals surface area contributed by atoms with Crippen molar-refractivity contribution in [1.29, 1.82) is 0 Å². The molecule has 24 heteroatoms. The molecule has 2 aromatic heterocycles. The third-order valence-electron chi connectivity index (χ3n) is 13.1. The van der Waals surface area contributed by atoms with Crippen molar-refractivity contribution in [3.8, 4) is 0 Å². The van der Waals surface area contributed by atoms with E-state index in [1.165, 1.54) is 27.3 Å². The van der Waals surface area contributed by atoms with Crippen LogP contribution in [0.1, 0.15) is 74.9 Å². The molecule has 2 aromatic rings. The molecule has 0 amide bonds. The molecule has 3 aliphatic heterocycles. The Morgan fingerprint density at radius 2 is 1.08 bits per heavy atom. The highest BCUT2D eigenvalue weighted by Gasteiger charge is 2.50. The highest BCUT2D eigenvalue weighted by atomic mass is 79.9. The average Bonchev–Trinajstić information content (AvgIpc) is 3.40. The van der Waals surface area contributed by atoms with Gasteiger partial charge >= 0.3 is 7.12 Å². The van der Waals surface area contributed by atoms with Crippen molar-refractivity contribution in [3.05, 3.63) is 61.5 Å². The van der Waals surface area contributed by atoms with Gasteiger partial charge in [0.1, 0.15) is 4.60 Å². The van der Waals surface area contributed by atoms with E-state index in [-0.39, 0.29) is 39.5 Å². The molecule has 0 unspecified atom stereocenters. The SMILES string of the molecule is CC(C)(C)[Si](C)(C)OC/C=C/c1c[nH]c(=O)c(N2CCN(S(C)(=O)=O)CC2)n1.CC1(C)OB(/C=C/CO[Si](C)(C)C(C)(C)C)OC1(C)C.CS(=O)(=O)N1CCN(c2nc(Br)c[nH]c2=O)CC1. The number of H-pyrrole nitrogens is 2. The summed E-state index contributed by atoms with van der Waals surface area (Å²) in [6.07, 6.45) is 11.2. The van der Waals surface area contributed by atoms with E-state index in [1.54, 1.807) is 11.1 Å². The van der Waals surface area contributed by atoms with Crippen LogP contribution in [0.2, 0.25) is 36.3 Å². The Labute approximate surface area is 404 Å². The summed E-state index contributed by atoms with van der Waals surface area (Å²) in [6.45, 7) is 34.8. The minimum Gasteiger partial charge on any atom is -0.413 e. The molecule has 5 heterocycles. The van der Waals surface area contributed by atoms with Crippen molar-refractivity contribution in [2.75, 3.05) is 87.9 Å². The quantitative estimate of drug-likeness (QED) is 0.245. The number of aromatic nitrogens is 4. The van der Waals surface area contributed by atoms with Gasteiger partial charge in [-0.1, -0.05) is 59.7 Å². The third-order valence-corrected chi connectivity index (χ3v) is 25.1. The maximum absolute atomic E-state index is 12.2. The molecule has 0 atom stereocenters. The molecular weight excluding hydrogens is 988 g/mol. The van der Waals surface area contributed by atoms with Gasteiger partial charge in [0.05, 0.1) is 42.6 Å². The van der Waals surface area contributed by atoms with Crippen molar-refractivity contribution >= 4 is 77.4 Å². The Bertz CT molecular complexity index is 2320. The van der Waals surface area contributed by atoms with E-state index in [0.717, 1.165) is 0 Å². The Morgan fingerprint density at radius 3 is 1.47 bits per heavy atom. The second-order valence-electron chi connectivity index (χ2n) is 20.8. The van der Waals surface area contributed by atoms with Gasteiger partial charge in [0.15, 0.2) is 28.3 Å². The minimum atomic E-state index is -3.21. The average molecular weight is 1060 g/mol. The van der Waals surface area contributed by atoms with E-state index < -0.39 is 36.7 Å². The van der Waals surface area contributed by atoms with Gasteiger partial charge in [-0.2, -0.15) is 8.61 Å². The molecule has 374 valence electrons. The summed E-state index contributed by atoms with van der Waals surface area (Å²) in [6, 6.07) is 0. The zero-order chi connectivity index (χ0) is 50.3. The largest absolute Gasteiger partial charge is 0.486 e. The fourth-order valence-corrected chi connectivity index (χ4v) is 9.84. The van der Waals surface area contributed by atoms with Crippen LogP contribution in [0.25, 0.3) is 6.08 Å². The molecule has 3 saturated heterocycles. The number of halogens is 1. The third kappa shape index (κ3) is 16.6. The molecule has 0 radical (unpaired) electrons. The monoisotopic (exact) mass is 1060 g/mol. The van der Waals surface area contributed by atoms with Crippen LogP contribution in [0.5, 0.6) is 0 Å². The maximum atomic E-state index is 12.2. The molecule has 0 spiro atoms. The molecule has 66 heavy (non-hydrogen) atoms. The number of anilines is 2. The van der Waals surface area contributed by atoms with Crippen LogP contribution >= 0.6 is 15.9 Å². The first kappa shape index (κ1) is 57.8. The summed E-state index contributed by atoms with van der Waals surface area (Å²) in [5.41, 5.74) is -0.461. The van der Waals surface area contributed by atoms with Gasteiger partial charge in [-0.25, -0.2) is 26.8 Å². The summed E-state index contributed by atoms with van der Waals surface area (Å²) >= 11 is 3.19. The lowest BCUT2D eigenvalue weighted by Gasteiger charge is -2.35. The van der Waals surface area contributed by atoms with Gasteiger partial charge in [-0.15, -0.1) is 0 Å². The highest BCUT2D eigenvalue weighted by molar-refractivity contribution is 9.10. The van der Waals surface area contributed by atoms with Crippen molar-refractivity contribution < 1.29 is 35.0 Å². The molecule has 0 saturated carbocycles. The Kier molecular flexibility index (Phi) is 19.7. The first-order valence-corrected chi connectivity index (χ1v) is 32.5. The zero-order valence-corrected chi connectivity index (χ0v) is 47.3. The van der Waals surface area contributed by atoms with E-state index in [1.807, 2.05) is 29.1 Å². The van der Waals surface area contributed by atoms with Crippen LogP contribution in [-0.4, -0.2) is 158 Å². The number of hydrogen-bond acceptors (Lipinski definition) is 14. The molecule has 2 N–H and O–H groups in total. The zero-order valence-electron chi connectivity index (χ0n) is 42.1. The van der Waals surface area contributed by atoms with E-state index in [2.05, 4.69) is 131 Å². The van der Waals surface area contributed by atoms with Crippen LogP contribution in [-0.2, 0) is 38.2 Å². The van der Waals surface area contributed by atoms with Crippen LogP contribution < -0.4 is 20.9 Å². The second kappa shape index (κ2) is 22.5. The fraction of sp³-hybridized carbons (Fsp3) is 0.714. The Morgan fingerprint density at radius 1 is 0.697 bits per heavy atom. The lowest BCUT2D eigenvalue weighted by atomic mass is 9.90. The van der Waals surface area contributed by atoms with Crippen LogP contribution in [0.15, 0.2) is 44.7 Å². The van der Waals surface area contributed by atoms with Gasteiger partial charge in [-0.05, 0) is 86.0 Å². The number of hydrogen-bond donors (Lipinski definition) is 2. The second-order valence-corrected chi connectivity index (χ2v) is 35.1. The molecular formula is C42H76BBrN8O10S2Si2. The number of rotatable bonds is 12. The highest BCUT2D eigenvalue weighted by Crippen LogP contribution is 2.38. The normalized spacial score (nSPS) is 19.2. The van der Waals surface area contributed by atoms with Gasteiger partial charge in [0, 0.05) is 64.8 Å². The Balaban J connectivity index is 0.000000271. The summed E-state index contributed by atoms with van der Waals surface area (Å²) in [7, 11) is -10.1. The van der Waals surface area contributed by atoms with Crippen LogP contribution in [0.4, 0.5) is 11.6 Å². The molecule has 0 bridgehead atoms. The number of aromatic amines is 2. The first-order chi connectivity index (χ1) is 30.0. The standard InChI is InChI=1S/C18H32N4O4SSi.C15H31BO3Si.C9H13BrN4O3S/c1-18(2,3)28(5,6)26-13-7-8-15-14-19-17(23)16(20-15)21-9-11-22(12-10-21)27(4,24)25;1-13(2,3)20(8,9)17-12-10-11-16-18-14(4,5)15(6,7)19-16;1-18(16,17)14-4-2-13(3-5-14)8-9(15)11-6-7(10)12-8/h7-8,14H,9-13H2,1-6H3,(H,19,23);10-11H,12H2,1-9H3;6H,2-5H2,1H3,(H,11,15)/b8-7+;11-10+;. The van der Waals surface area contributed by atoms with Crippen LogP contribution in [0, 0.1) is 0 Å². The lowest BCUT2D eigenvalue weighted by Crippen LogP contribution is -2.49. The molecule has 3 aliphatic rings. The first-order valence-electron chi connectivity index (χ1n) is 22.2. The summed E-state index contributed by atoms with van der Waals surface area (Å²) in [5, 5.41) is 0.392. The van der Waals surface area contributed by atoms with Gasteiger partial charge in [0.2, 0.25) is 20.0 Å². The summed E-state index contributed by atoms with van der Waals surface area (Å²) < 4.78 is 73.4. The van der Waals surface area contributed by atoms with Crippen molar-refractivity contribution in [3.63, 3.8) is 0 Å². The maximum Gasteiger partial charge on any atom is 0.486 e. The van der Waals surface area contributed by atoms with E-state index in [9.17, 15) is 26.4 Å². The van der Waals surface area contributed by atoms with Crippen molar-refractivity contribution in [2.24, 2.45) is 0 Å². The fourth-order valence-electron chi connectivity index (χ4n) is 6.01. The van der Waals surface area contributed by atoms with Crippen molar-refractivity contribution in [1.82, 2.24) is 28.5 Å². The summed E-state index contributed by atoms with van der Waals surface area (Å²) in [4.78, 5) is 41.3. The Hall–Kier alpha value is -2.52. The number of nitrogens with one attached hydrogen (secondary N) is 2. The smallest absolute Gasteiger partial charge is 0.413 e. The molecule has 18 nitrogen and oxygen atoms in total. The lowest BCUT2D eigenvalue weighted by molar-refractivity contribution is 0.00578. The predicted octanol–water partition coefficient (Wildman–Crippen LogP) is 5.70. The molecule has 5 rings (SSSR count). The number of nitrogens with zero attached hydrogens (tertiary/aromatic N) is 6. The minimum absolute atomic E-state index is 0.151. The predicted molar refractivity (Wildman–Crippen MR) is 275 cm³/mol. The summed E-state index contributed by atoms with van der Waals surface area (Å²) in [5.74, 6) is 2.60. The van der Waals surface area contributed by atoms with E-state index in [4.69, 9.17) is 18.2 Å². The van der Waals surface area contributed by atoms with Gasteiger partial charge in [-0.3, -0.25) is 9.59 Å². The number of piperazine rings is 2. The van der Waals surface area contributed by atoms with Gasteiger partial charge < -0.3 is 37.9 Å². The molecule has 3 fully saturated rings. The van der Waals surface area contributed by atoms with Gasteiger partial charge in [0.25, 0.3) is 11.1 Å².